The number of allylic oxidation sites excluding steroid dienone is 1. The zero-order valence-electron chi connectivity index (χ0n) is 8.88. The summed E-state index contributed by atoms with van der Waals surface area (Å²) in [6, 6.07) is 7.30. The summed E-state index contributed by atoms with van der Waals surface area (Å²) >= 11 is 5.96. The second kappa shape index (κ2) is 5.37. The molecule has 1 aromatic heterocycles. The van der Waals surface area contributed by atoms with Crippen molar-refractivity contribution in [1.82, 2.24) is 9.97 Å². The number of hydrogen-bond acceptors (Lipinski definition) is 3. The van der Waals surface area contributed by atoms with Gasteiger partial charge in [0.2, 0.25) is 5.78 Å². The lowest BCUT2D eigenvalue weighted by Crippen LogP contribution is -1.98. The minimum Gasteiger partial charge on any atom is -0.287 e. The average molecular weight is 245 g/mol. The molecule has 17 heavy (non-hydrogen) atoms. The molecule has 2 rings (SSSR count). The minimum atomic E-state index is -0.196. The normalized spacial score (nSPS) is 10.6. The molecule has 0 aliphatic carbocycles. The van der Waals surface area contributed by atoms with Gasteiger partial charge in [0.25, 0.3) is 0 Å². The first kappa shape index (κ1) is 11.5. The molecule has 0 spiro atoms. The quantitative estimate of drug-likeness (QED) is 0.616. The van der Waals surface area contributed by atoms with Crippen LogP contribution in [-0.2, 0) is 0 Å². The maximum atomic E-state index is 11.7. The number of aromatic nitrogens is 2. The molecule has 0 saturated carbocycles. The molecule has 0 bridgehead atoms. The number of hydrogen-bond donors (Lipinski definition) is 0. The smallest absolute Gasteiger partial charge is 0.205 e. The molecule has 1 heterocycles. The van der Waals surface area contributed by atoms with E-state index in [1.165, 1.54) is 24.7 Å². The van der Waals surface area contributed by atoms with Crippen LogP contribution in [0.4, 0.5) is 0 Å². The third-order valence-electron chi connectivity index (χ3n) is 2.14. The van der Waals surface area contributed by atoms with E-state index in [9.17, 15) is 4.79 Å². The van der Waals surface area contributed by atoms with Crippen molar-refractivity contribution < 1.29 is 4.79 Å². The molecule has 0 N–H and O–H groups in total. The number of ketones is 1. The molecule has 84 valence electrons. The molecule has 4 heteroatoms. The highest BCUT2D eigenvalue weighted by Gasteiger charge is 2.02. The Morgan fingerprint density at radius 1 is 1.24 bits per heavy atom. The van der Waals surface area contributed by atoms with Crippen LogP contribution in [-0.4, -0.2) is 15.8 Å². The van der Waals surface area contributed by atoms with Crippen molar-refractivity contribution in [2.75, 3.05) is 0 Å². The second-order valence-corrected chi connectivity index (χ2v) is 3.72. The number of rotatable bonds is 3. The van der Waals surface area contributed by atoms with E-state index in [4.69, 9.17) is 11.6 Å². The van der Waals surface area contributed by atoms with Crippen molar-refractivity contribution in [2.45, 2.75) is 0 Å². The van der Waals surface area contributed by atoms with E-state index in [0.717, 1.165) is 5.56 Å². The van der Waals surface area contributed by atoms with Crippen LogP contribution in [0.5, 0.6) is 0 Å². The zero-order valence-corrected chi connectivity index (χ0v) is 9.63. The number of nitrogens with zero attached hydrogens (tertiary/aromatic N) is 2. The van der Waals surface area contributed by atoms with Gasteiger partial charge in [0.1, 0.15) is 5.69 Å². The molecule has 0 amide bonds. The Balaban J connectivity index is 2.17. The summed E-state index contributed by atoms with van der Waals surface area (Å²) in [5, 5.41) is 0.607. The van der Waals surface area contributed by atoms with E-state index in [0.29, 0.717) is 10.7 Å². The fourth-order valence-electron chi connectivity index (χ4n) is 1.29. The van der Waals surface area contributed by atoms with Crippen LogP contribution in [0.1, 0.15) is 16.1 Å². The van der Waals surface area contributed by atoms with Gasteiger partial charge in [0.05, 0.1) is 6.20 Å². The lowest BCUT2D eigenvalue weighted by molar-refractivity contribution is 0.104. The molecule has 0 fully saturated rings. The van der Waals surface area contributed by atoms with Gasteiger partial charge in [-0.2, -0.15) is 0 Å². The first-order valence-electron chi connectivity index (χ1n) is 5.00. The minimum absolute atomic E-state index is 0.196. The van der Waals surface area contributed by atoms with Crippen molar-refractivity contribution in [3.05, 3.63) is 65.2 Å². The predicted octanol–water partition coefficient (Wildman–Crippen LogP) is 3.03. The topological polar surface area (TPSA) is 42.9 Å². The molecular formula is C13H9ClN2O. The molecule has 0 saturated heterocycles. The van der Waals surface area contributed by atoms with Crippen LogP contribution in [0.3, 0.4) is 0 Å². The Bertz CT molecular complexity index is 552. The van der Waals surface area contributed by atoms with Gasteiger partial charge in [0.15, 0.2) is 0 Å². The lowest BCUT2D eigenvalue weighted by Gasteiger charge is -1.96. The first-order valence-corrected chi connectivity index (χ1v) is 5.38. The molecule has 0 atom stereocenters. The maximum absolute atomic E-state index is 11.7. The number of carbonyl (C=O) groups excluding carboxylic acids is 1. The lowest BCUT2D eigenvalue weighted by atomic mass is 10.2. The van der Waals surface area contributed by atoms with Crippen LogP contribution in [0.25, 0.3) is 6.08 Å². The third-order valence-corrected chi connectivity index (χ3v) is 2.48. The van der Waals surface area contributed by atoms with Crippen molar-refractivity contribution in [3.63, 3.8) is 0 Å². The van der Waals surface area contributed by atoms with Crippen LogP contribution in [0, 0.1) is 0 Å². The molecule has 2 aromatic rings. The number of carbonyl (C=O) groups is 1. The summed E-state index contributed by atoms with van der Waals surface area (Å²) in [7, 11) is 0. The van der Waals surface area contributed by atoms with Gasteiger partial charge in [-0.1, -0.05) is 29.8 Å². The Morgan fingerprint density at radius 2 is 2.06 bits per heavy atom. The molecule has 0 unspecified atom stereocenters. The van der Waals surface area contributed by atoms with Crippen LogP contribution >= 0.6 is 11.6 Å². The van der Waals surface area contributed by atoms with Gasteiger partial charge >= 0.3 is 0 Å². The van der Waals surface area contributed by atoms with Crippen molar-refractivity contribution in [3.8, 4) is 0 Å². The fourth-order valence-corrected chi connectivity index (χ4v) is 1.49. The van der Waals surface area contributed by atoms with Crippen molar-refractivity contribution in [2.24, 2.45) is 0 Å². The largest absolute Gasteiger partial charge is 0.287 e. The van der Waals surface area contributed by atoms with Crippen LogP contribution in [0.2, 0.25) is 5.02 Å². The first-order chi connectivity index (χ1) is 8.27. The van der Waals surface area contributed by atoms with Gasteiger partial charge in [0, 0.05) is 17.4 Å². The Labute approximate surface area is 104 Å². The van der Waals surface area contributed by atoms with Crippen molar-refractivity contribution in [1.29, 1.82) is 0 Å². The van der Waals surface area contributed by atoms with E-state index < -0.39 is 0 Å². The van der Waals surface area contributed by atoms with E-state index >= 15 is 0 Å². The van der Waals surface area contributed by atoms with E-state index in [1.54, 1.807) is 12.1 Å². The summed E-state index contributed by atoms with van der Waals surface area (Å²) in [6.07, 6.45) is 7.54. The van der Waals surface area contributed by atoms with Gasteiger partial charge in [-0.05, 0) is 23.8 Å². The monoisotopic (exact) mass is 244 g/mol. The van der Waals surface area contributed by atoms with Gasteiger partial charge in [-0.15, -0.1) is 0 Å². The van der Waals surface area contributed by atoms with Gasteiger partial charge < -0.3 is 0 Å². The van der Waals surface area contributed by atoms with Crippen LogP contribution in [0.15, 0.2) is 48.9 Å². The maximum Gasteiger partial charge on any atom is 0.205 e. The highest BCUT2D eigenvalue weighted by molar-refractivity contribution is 6.32. The third kappa shape index (κ3) is 2.98. The molecule has 0 aliphatic rings. The van der Waals surface area contributed by atoms with E-state index in [2.05, 4.69) is 9.97 Å². The highest BCUT2D eigenvalue weighted by Crippen LogP contribution is 2.16. The Morgan fingerprint density at radius 3 is 2.76 bits per heavy atom. The summed E-state index contributed by atoms with van der Waals surface area (Å²) < 4.78 is 0. The van der Waals surface area contributed by atoms with Gasteiger partial charge in [-0.25, -0.2) is 4.98 Å². The van der Waals surface area contributed by atoms with E-state index in [-0.39, 0.29) is 5.78 Å². The molecule has 3 nitrogen and oxygen atoms in total. The number of halogens is 1. The summed E-state index contributed by atoms with van der Waals surface area (Å²) in [5.74, 6) is -0.196. The molecule has 0 aliphatic heterocycles. The van der Waals surface area contributed by atoms with Crippen molar-refractivity contribution >= 4 is 23.5 Å². The Hall–Kier alpha value is -2.00. The molecular weight excluding hydrogens is 236 g/mol. The summed E-state index contributed by atoms with van der Waals surface area (Å²) in [6.45, 7) is 0. The summed E-state index contributed by atoms with van der Waals surface area (Å²) in [4.78, 5) is 19.4. The van der Waals surface area contributed by atoms with Crippen LogP contribution < -0.4 is 0 Å². The highest BCUT2D eigenvalue weighted by atomic mass is 35.5. The standard InChI is InChI=1S/C13H9ClN2O/c14-11-4-2-1-3-10(11)5-6-13(17)12-9-15-7-8-16-12/h1-9H/b6-5+. The SMILES string of the molecule is O=C(/C=C/c1ccccc1Cl)c1cnccn1. The fraction of sp³-hybridized carbons (Fsp3) is 0. The zero-order chi connectivity index (χ0) is 12.1. The second-order valence-electron chi connectivity index (χ2n) is 3.31. The summed E-state index contributed by atoms with van der Waals surface area (Å²) in [5.41, 5.74) is 1.11. The molecule has 1 aromatic carbocycles. The van der Waals surface area contributed by atoms with E-state index in [1.807, 2.05) is 18.2 Å². The molecule has 0 radical (unpaired) electrons. The predicted molar refractivity (Wildman–Crippen MR) is 66.8 cm³/mol. The Kier molecular flexibility index (Phi) is 3.62. The average Bonchev–Trinajstić information content (AvgIpc) is 2.38. The van der Waals surface area contributed by atoms with Gasteiger partial charge in [-0.3, -0.25) is 9.78 Å². The number of benzene rings is 1.